The fourth-order valence-corrected chi connectivity index (χ4v) is 2.44. The molecular formula is C17H15BrClNO2. The third-order valence-corrected chi connectivity index (χ3v) is 3.63. The van der Waals surface area contributed by atoms with Gasteiger partial charge in [-0.3, -0.25) is 9.79 Å². The number of carbonyl (C=O) groups excluding carboxylic acids is 1. The van der Waals surface area contributed by atoms with E-state index in [0.29, 0.717) is 28.4 Å². The molecule has 0 aliphatic carbocycles. The highest BCUT2D eigenvalue weighted by atomic mass is 79.9. The third-order valence-electron chi connectivity index (χ3n) is 2.90. The fourth-order valence-electron chi connectivity index (χ4n) is 1.89. The van der Waals surface area contributed by atoms with Crippen LogP contribution in [0.5, 0.6) is 0 Å². The van der Waals surface area contributed by atoms with E-state index in [4.69, 9.17) is 16.3 Å². The normalized spacial score (nSPS) is 12.5. The van der Waals surface area contributed by atoms with E-state index in [-0.39, 0.29) is 10.8 Å². The number of ether oxygens (including phenoxy) is 1. The van der Waals surface area contributed by atoms with Crippen LogP contribution in [0.1, 0.15) is 22.8 Å². The summed E-state index contributed by atoms with van der Waals surface area (Å²) in [7, 11) is 0. The summed E-state index contributed by atoms with van der Waals surface area (Å²) in [5, 5.41) is 0.200. The van der Waals surface area contributed by atoms with E-state index < -0.39 is 0 Å². The van der Waals surface area contributed by atoms with Crippen LogP contribution < -0.4 is 0 Å². The summed E-state index contributed by atoms with van der Waals surface area (Å²) in [6.45, 7) is 2.47. The number of benzene rings is 2. The Hall–Kier alpha value is -1.49. The Morgan fingerprint density at radius 2 is 2.05 bits per heavy atom. The quantitative estimate of drug-likeness (QED) is 0.400. The van der Waals surface area contributed by atoms with E-state index in [1.807, 2.05) is 25.1 Å². The van der Waals surface area contributed by atoms with Crippen LogP contribution in [0.25, 0.3) is 0 Å². The summed E-state index contributed by atoms with van der Waals surface area (Å²) >= 11 is 9.36. The number of aliphatic imine (C=N–C) groups is 1. The smallest absolute Gasteiger partial charge is 0.195 e. The van der Waals surface area contributed by atoms with E-state index in [0.717, 1.165) is 0 Å². The van der Waals surface area contributed by atoms with Gasteiger partial charge in [-0.15, -0.1) is 0 Å². The van der Waals surface area contributed by atoms with E-state index >= 15 is 0 Å². The lowest BCUT2D eigenvalue weighted by Gasteiger charge is -2.07. The van der Waals surface area contributed by atoms with Crippen molar-refractivity contribution < 1.29 is 9.53 Å². The minimum atomic E-state index is -0.298. The van der Waals surface area contributed by atoms with Gasteiger partial charge in [0, 0.05) is 29.0 Å². The average molecular weight is 381 g/mol. The van der Waals surface area contributed by atoms with Gasteiger partial charge >= 0.3 is 0 Å². The Morgan fingerprint density at radius 1 is 1.32 bits per heavy atom. The Balaban J connectivity index is 2.34. The van der Waals surface area contributed by atoms with E-state index in [9.17, 15) is 4.79 Å². The molecule has 2 aromatic rings. The second-order valence-electron chi connectivity index (χ2n) is 4.44. The zero-order valence-corrected chi connectivity index (χ0v) is 14.3. The van der Waals surface area contributed by atoms with Crippen molar-refractivity contribution in [2.75, 3.05) is 6.61 Å². The maximum absolute atomic E-state index is 12.6. The first-order valence-electron chi connectivity index (χ1n) is 6.81. The van der Waals surface area contributed by atoms with Crippen molar-refractivity contribution in [3.63, 3.8) is 0 Å². The first-order chi connectivity index (χ1) is 10.6. The highest BCUT2D eigenvalue weighted by molar-refractivity contribution is 9.09. The molecular weight excluding hydrogens is 366 g/mol. The number of ketones is 1. The fraction of sp³-hybridized carbons (Fsp3) is 0.176. The van der Waals surface area contributed by atoms with Crippen LogP contribution >= 0.6 is 27.5 Å². The first kappa shape index (κ1) is 16.9. The van der Waals surface area contributed by atoms with Crippen LogP contribution in [-0.4, -0.2) is 23.6 Å². The lowest BCUT2D eigenvalue weighted by Crippen LogP contribution is -2.05. The van der Waals surface area contributed by atoms with Crippen LogP contribution in [0.2, 0.25) is 5.02 Å². The summed E-state index contributed by atoms with van der Waals surface area (Å²) in [5.74, 6) is -0.113. The van der Waals surface area contributed by atoms with Gasteiger partial charge in [-0.2, -0.15) is 0 Å². The molecule has 0 saturated heterocycles. The lowest BCUT2D eigenvalue weighted by atomic mass is 10.0. The summed E-state index contributed by atoms with van der Waals surface area (Å²) in [6, 6.07) is 14.1. The molecule has 0 bridgehead atoms. The molecule has 2 aromatic carbocycles. The van der Waals surface area contributed by atoms with Crippen LogP contribution in [0.4, 0.5) is 5.69 Å². The monoisotopic (exact) mass is 379 g/mol. The lowest BCUT2D eigenvalue weighted by molar-refractivity contribution is 0.103. The molecule has 114 valence electrons. The molecule has 0 aliphatic heterocycles. The van der Waals surface area contributed by atoms with Crippen molar-refractivity contribution in [2.24, 2.45) is 4.99 Å². The number of hydrogen-bond acceptors (Lipinski definition) is 3. The van der Waals surface area contributed by atoms with E-state index in [1.165, 1.54) is 0 Å². The molecule has 0 spiro atoms. The Labute approximate surface area is 143 Å². The molecule has 0 saturated carbocycles. The van der Waals surface area contributed by atoms with Gasteiger partial charge in [0.1, 0.15) is 5.01 Å². The molecule has 0 amide bonds. The molecule has 2 rings (SSSR count). The molecule has 1 atom stereocenters. The van der Waals surface area contributed by atoms with Crippen molar-refractivity contribution in [1.29, 1.82) is 0 Å². The molecule has 0 heterocycles. The summed E-state index contributed by atoms with van der Waals surface area (Å²) < 4.78 is 5.33. The summed E-state index contributed by atoms with van der Waals surface area (Å²) in [6.07, 6.45) is 1.61. The minimum Gasteiger partial charge on any atom is -0.362 e. The van der Waals surface area contributed by atoms with Gasteiger partial charge in [-0.05, 0) is 25.1 Å². The third kappa shape index (κ3) is 4.50. The van der Waals surface area contributed by atoms with Crippen molar-refractivity contribution in [3.05, 3.63) is 64.7 Å². The van der Waals surface area contributed by atoms with Crippen molar-refractivity contribution in [1.82, 2.24) is 0 Å². The largest absolute Gasteiger partial charge is 0.362 e. The molecule has 5 heteroatoms. The molecule has 3 nitrogen and oxygen atoms in total. The SMILES string of the molecule is CCOC(Br)C=Nc1ccc(Cl)cc1C(=O)c1ccccc1. The number of carbonyl (C=O) groups is 1. The van der Waals surface area contributed by atoms with E-state index in [1.54, 1.807) is 36.5 Å². The Morgan fingerprint density at radius 3 is 2.73 bits per heavy atom. The van der Waals surface area contributed by atoms with Gasteiger partial charge in [-0.25, -0.2) is 0 Å². The van der Waals surface area contributed by atoms with Gasteiger partial charge in [0.25, 0.3) is 0 Å². The van der Waals surface area contributed by atoms with Crippen molar-refractivity contribution >= 4 is 45.2 Å². The molecule has 0 aromatic heterocycles. The van der Waals surface area contributed by atoms with Crippen LogP contribution in [0.15, 0.2) is 53.5 Å². The highest BCUT2D eigenvalue weighted by Crippen LogP contribution is 2.26. The average Bonchev–Trinajstić information content (AvgIpc) is 2.54. The molecule has 0 fully saturated rings. The second-order valence-corrected chi connectivity index (χ2v) is 5.78. The summed E-state index contributed by atoms with van der Waals surface area (Å²) in [5.41, 5.74) is 1.62. The van der Waals surface area contributed by atoms with Gasteiger partial charge < -0.3 is 4.74 Å². The first-order valence-corrected chi connectivity index (χ1v) is 8.10. The topological polar surface area (TPSA) is 38.7 Å². The number of alkyl halides is 1. The molecule has 0 N–H and O–H groups in total. The van der Waals surface area contributed by atoms with Crippen molar-refractivity contribution in [3.8, 4) is 0 Å². The Bertz CT molecular complexity index is 674. The standard InChI is InChI=1S/C17H15BrClNO2/c1-2-22-16(18)11-20-15-9-8-13(19)10-14(15)17(21)12-6-4-3-5-7-12/h3-11,16H,2H2,1H3. The zero-order valence-electron chi connectivity index (χ0n) is 12.0. The minimum absolute atomic E-state index is 0.113. The van der Waals surface area contributed by atoms with Gasteiger partial charge in [0.05, 0.1) is 5.69 Å². The van der Waals surface area contributed by atoms with Gasteiger partial charge in [-0.1, -0.05) is 57.9 Å². The predicted octanol–water partition coefficient (Wildman–Crippen LogP) is 5.03. The zero-order chi connectivity index (χ0) is 15.9. The molecule has 0 aliphatic rings. The number of halogens is 2. The van der Waals surface area contributed by atoms with Crippen LogP contribution in [0.3, 0.4) is 0 Å². The number of nitrogens with zero attached hydrogens (tertiary/aromatic N) is 1. The second kappa shape index (κ2) is 8.22. The maximum Gasteiger partial charge on any atom is 0.195 e. The predicted molar refractivity (Wildman–Crippen MR) is 93.8 cm³/mol. The molecule has 0 radical (unpaired) electrons. The number of rotatable bonds is 6. The van der Waals surface area contributed by atoms with Crippen LogP contribution in [-0.2, 0) is 4.74 Å². The Kier molecular flexibility index (Phi) is 6.31. The molecule has 22 heavy (non-hydrogen) atoms. The highest BCUT2D eigenvalue weighted by Gasteiger charge is 2.14. The van der Waals surface area contributed by atoms with Gasteiger partial charge in [0.15, 0.2) is 5.78 Å². The maximum atomic E-state index is 12.6. The molecule has 1 unspecified atom stereocenters. The van der Waals surface area contributed by atoms with Crippen molar-refractivity contribution in [2.45, 2.75) is 11.9 Å². The van der Waals surface area contributed by atoms with Gasteiger partial charge in [0.2, 0.25) is 0 Å². The van der Waals surface area contributed by atoms with E-state index in [2.05, 4.69) is 20.9 Å². The number of hydrogen-bond donors (Lipinski definition) is 0. The van der Waals surface area contributed by atoms with Crippen LogP contribution in [0, 0.1) is 0 Å². The summed E-state index contributed by atoms with van der Waals surface area (Å²) in [4.78, 5) is 17.0.